The van der Waals surface area contributed by atoms with Gasteiger partial charge in [-0.15, -0.1) is 23.1 Å². The van der Waals surface area contributed by atoms with Crippen molar-refractivity contribution in [3.63, 3.8) is 0 Å². The van der Waals surface area contributed by atoms with Crippen LogP contribution in [0, 0.1) is 0 Å². The van der Waals surface area contributed by atoms with Gasteiger partial charge >= 0.3 is 0 Å². The molecule has 0 spiro atoms. The van der Waals surface area contributed by atoms with E-state index in [0.29, 0.717) is 0 Å². The third-order valence-electron chi connectivity index (χ3n) is 5.36. The van der Waals surface area contributed by atoms with E-state index in [0.717, 1.165) is 11.0 Å². The van der Waals surface area contributed by atoms with Crippen LogP contribution in [0.5, 0.6) is 0 Å². The van der Waals surface area contributed by atoms with Crippen molar-refractivity contribution in [2.75, 3.05) is 6.26 Å². The van der Waals surface area contributed by atoms with Gasteiger partial charge in [-0.3, -0.25) is 4.98 Å². The average molecular weight is 397 g/mol. The predicted molar refractivity (Wildman–Crippen MR) is 123 cm³/mol. The molecule has 0 aliphatic rings. The number of aromatic nitrogens is 2. The molecule has 0 saturated carbocycles. The van der Waals surface area contributed by atoms with Gasteiger partial charge in [0.2, 0.25) is 0 Å². The minimum atomic E-state index is 1.07. The standard InChI is InChI=1S/C24H16N2S2/c1-27-16-10-8-15(9-11-16)26-19-13-12-18-17-5-2-3-7-21(17)28-24(18)22(19)23-20(26)6-4-14-25-23/h2-14H,1H3. The fourth-order valence-electron chi connectivity index (χ4n) is 4.10. The second-order valence-corrected chi connectivity index (χ2v) is 8.77. The van der Waals surface area contributed by atoms with Crippen molar-refractivity contribution in [3.05, 3.63) is 79.0 Å². The van der Waals surface area contributed by atoms with Crippen LogP contribution in [0.1, 0.15) is 0 Å². The molecule has 0 bridgehead atoms. The summed E-state index contributed by atoms with van der Waals surface area (Å²) in [5.74, 6) is 0. The van der Waals surface area contributed by atoms with E-state index in [1.807, 2.05) is 23.6 Å². The van der Waals surface area contributed by atoms with E-state index in [2.05, 4.69) is 77.6 Å². The molecule has 0 fully saturated rings. The molecular weight excluding hydrogens is 380 g/mol. The Morgan fingerprint density at radius 2 is 1.68 bits per heavy atom. The number of fused-ring (bicyclic) bond motifs is 7. The van der Waals surface area contributed by atoms with Crippen LogP contribution in [0.3, 0.4) is 0 Å². The Labute approximate surface area is 170 Å². The molecule has 0 unspecified atom stereocenters. The summed E-state index contributed by atoms with van der Waals surface area (Å²) in [4.78, 5) is 6.06. The van der Waals surface area contributed by atoms with Crippen molar-refractivity contribution in [2.24, 2.45) is 0 Å². The Balaban J connectivity index is 1.79. The first-order valence-corrected chi connectivity index (χ1v) is 11.2. The SMILES string of the molecule is CSc1ccc(-n2c3cccnc3c3c4sc5ccccc5c4ccc32)cc1. The highest BCUT2D eigenvalue weighted by Gasteiger charge is 2.17. The lowest BCUT2D eigenvalue weighted by molar-refractivity contribution is 1.17. The fourth-order valence-corrected chi connectivity index (χ4v) is 5.76. The fraction of sp³-hybridized carbons (Fsp3) is 0.0417. The first kappa shape index (κ1) is 16.2. The van der Waals surface area contributed by atoms with E-state index in [9.17, 15) is 0 Å². The van der Waals surface area contributed by atoms with Gasteiger partial charge in [0.15, 0.2) is 0 Å². The molecule has 0 aliphatic carbocycles. The van der Waals surface area contributed by atoms with E-state index in [1.54, 1.807) is 11.8 Å². The van der Waals surface area contributed by atoms with Crippen molar-refractivity contribution >= 4 is 65.2 Å². The summed E-state index contributed by atoms with van der Waals surface area (Å²) in [6.45, 7) is 0. The third-order valence-corrected chi connectivity index (χ3v) is 7.31. The summed E-state index contributed by atoms with van der Waals surface area (Å²) < 4.78 is 4.99. The van der Waals surface area contributed by atoms with Crippen LogP contribution in [-0.4, -0.2) is 15.8 Å². The Morgan fingerprint density at radius 3 is 2.54 bits per heavy atom. The molecular formula is C24H16N2S2. The van der Waals surface area contributed by atoms with Crippen LogP contribution in [0.2, 0.25) is 0 Å². The number of benzene rings is 3. The maximum Gasteiger partial charge on any atom is 0.0977 e. The van der Waals surface area contributed by atoms with Crippen molar-refractivity contribution in [2.45, 2.75) is 4.90 Å². The second kappa shape index (κ2) is 6.09. The Morgan fingerprint density at radius 1 is 0.821 bits per heavy atom. The maximum absolute atomic E-state index is 4.79. The lowest BCUT2D eigenvalue weighted by atomic mass is 10.1. The molecule has 3 heterocycles. The second-order valence-electron chi connectivity index (χ2n) is 6.84. The number of rotatable bonds is 2. The largest absolute Gasteiger partial charge is 0.308 e. The highest BCUT2D eigenvalue weighted by atomic mass is 32.2. The smallest absolute Gasteiger partial charge is 0.0977 e. The third kappa shape index (κ3) is 2.19. The summed E-state index contributed by atoms with van der Waals surface area (Å²) in [5, 5.41) is 3.89. The van der Waals surface area contributed by atoms with Crippen LogP contribution in [-0.2, 0) is 0 Å². The average Bonchev–Trinajstić information content (AvgIpc) is 3.29. The quantitative estimate of drug-likeness (QED) is 0.286. The molecule has 0 radical (unpaired) electrons. The number of hydrogen-bond acceptors (Lipinski definition) is 3. The van der Waals surface area contributed by atoms with Gasteiger partial charge in [0, 0.05) is 42.3 Å². The molecule has 6 rings (SSSR count). The van der Waals surface area contributed by atoms with Crippen molar-refractivity contribution in [1.29, 1.82) is 0 Å². The zero-order valence-electron chi connectivity index (χ0n) is 15.2. The summed E-state index contributed by atoms with van der Waals surface area (Å²) in [5.41, 5.74) is 4.61. The van der Waals surface area contributed by atoms with Crippen molar-refractivity contribution < 1.29 is 0 Å². The molecule has 2 nitrogen and oxygen atoms in total. The normalized spacial score (nSPS) is 11.9. The Kier molecular flexibility index (Phi) is 3.52. The van der Waals surface area contributed by atoms with Gasteiger partial charge in [-0.25, -0.2) is 0 Å². The van der Waals surface area contributed by atoms with E-state index in [-0.39, 0.29) is 0 Å². The first-order valence-electron chi connectivity index (χ1n) is 9.19. The van der Waals surface area contributed by atoms with Gasteiger partial charge in [0.05, 0.1) is 16.6 Å². The van der Waals surface area contributed by atoms with Crippen LogP contribution in [0.25, 0.3) is 47.8 Å². The zero-order valence-corrected chi connectivity index (χ0v) is 16.8. The molecule has 0 N–H and O–H groups in total. The van der Waals surface area contributed by atoms with Crippen LogP contribution >= 0.6 is 23.1 Å². The van der Waals surface area contributed by atoms with Crippen LogP contribution in [0.15, 0.2) is 83.9 Å². The van der Waals surface area contributed by atoms with Gasteiger partial charge < -0.3 is 4.57 Å². The molecule has 0 amide bonds. The molecule has 6 aromatic rings. The van der Waals surface area contributed by atoms with E-state index < -0.39 is 0 Å². The number of thiophene rings is 1. The lowest BCUT2D eigenvalue weighted by Gasteiger charge is -2.08. The lowest BCUT2D eigenvalue weighted by Crippen LogP contribution is -1.93. The van der Waals surface area contributed by atoms with Gasteiger partial charge in [-0.2, -0.15) is 0 Å². The van der Waals surface area contributed by atoms with E-state index >= 15 is 0 Å². The number of nitrogens with zero attached hydrogens (tertiary/aromatic N) is 2. The van der Waals surface area contributed by atoms with Crippen molar-refractivity contribution in [3.8, 4) is 5.69 Å². The summed E-state index contributed by atoms with van der Waals surface area (Å²) in [7, 11) is 0. The van der Waals surface area contributed by atoms with Crippen molar-refractivity contribution in [1.82, 2.24) is 9.55 Å². The molecule has 0 atom stereocenters. The minimum Gasteiger partial charge on any atom is -0.308 e. The highest BCUT2D eigenvalue weighted by Crippen LogP contribution is 2.42. The number of thioether (sulfide) groups is 1. The number of hydrogen-bond donors (Lipinski definition) is 0. The van der Waals surface area contributed by atoms with Crippen LogP contribution in [0.4, 0.5) is 0 Å². The van der Waals surface area contributed by atoms with Gasteiger partial charge in [0.1, 0.15) is 0 Å². The number of pyridine rings is 1. The van der Waals surface area contributed by atoms with E-state index in [1.165, 1.54) is 41.7 Å². The first-order chi connectivity index (χ1) is 13.8. The molecule has 0 saturated heterocycles. The topological polar surface area (TPSA) is 17.8 Å². The monoisotopic (exact) mass is 396 g/mol. The summed E-state index contributed by atoms with van der Waals surface area (Å²) in [6.07, 6.45) is 4.01. The van der Waals surface area contributed by atoms with E-state index in [4.69, 9.17) is 4.98 Å². The molecule has 4 heteroatoms. The Bertz CT molecular complexity index is 1490. The zero-order chi connectivity index (χ0) is 18.7. The predicted octanol–water partition coefficient (Wildman–Crippen LogP) is 7.27. The van der Waals surface area contributed by atoms with Crippen LogP contribution < -0.4 is 0 Å². The molecule has 3 aromatic carbocycles. The van der Waals surface area contributed by atoms with Gasteiger partial charge in [-0.1, -0.05) is 24.3 Å². The van der Waals surface area contributed by atoms with Gasteiger partial charge in [0.25, 0.3) is 0 Å². The van der Waals surface area contributed by atoms with Gasteiger partial charge in [-0.05, 0) is 54.8 Å². The molecule has 0 aliphatic heterocycles. The Hall–Kier alpha value is -2.82. The maximum atomic E-state index is 4.79. The molecule has 3 aromatic heterocycles. The summed E-state index contributed by atoms with van der Waals surface area (Å²) in [6, 6.07) is 26.1. The molecule has 134 valence electrons. The molecule has 28 heavy (non-hydrogen) atoms. The minimum absolute atomic E-state index is 1.07. The highest BCUT2D eigenvalue weighted by molar-refractivity contribution is 7.98. The summed E-state index contributed by atoms with van der Waals surface area (Å²) >= 11 is 3.63.